The standard InChI is InChI=1S/C17H32N4/c1-5-21(6-2)17(11-7-8-12-17)16(18-3)10-9-15-13-19-20(4)14-15/h13-14,16,18H,5-12H2,1-4H3. The van der Waals surface area contributed by atoms with Crippen molar-refractivity contribution in [2.24, 2.45) is 7.05 Å². The van der Waals surface area contributed by atoms with E-state index in [1.807, 2.05) is 17.9 Å². The van der Waals surface area contributed by atoms with E-state index in [-0.39, 0.29) is 0 Å². The van der Waals surface area contributed by atoms with Crippen molar-refractivity contribution in [1.82, 2.24) is 20.0 Å². The highest BCUT2D eigenvalue weighted by Gasteiger charge is 2.43. The number of hydrogen-bond donors (Lipinski definition) is 1. The van der Waals surface area contributed by atoms with Gasteiger partial charge in [-0.05, 0) is 51.4 Å². The van der Waals surface area contributed by atoms with Gasteiger partial charge in [0.25, 0.3) is 0 Å². The zero-order valence-electron chi connectivity index (χ0n) is 14.2. The number of likely N-dealkylation sites (N-methyl/N-ethyl adjacent to an activating group) is 2. The lowest BCUT2D eigenvalue weighted by Crippen LogP contribution is -2.59. The van der Waals surface area contributed by atoms with Crippen LogP contribution in [0.1, 0.15) is 51.5 Å². The zero-order chi connectivity index (χ0) is 15.3. The largest absolute Gasteiger partial charge is 0.315 e. The molecular weight excluding hydrogens is 260 g/mol. The average Bonchev–Trinajstić information content (AvgIpc) is 3.11. The number of hydrogen-bond acceptors (Lipinski definition) is 3. The molecule has 1 aromatic heterocycles. The molecule has 0 spiro atoms. The molecule has 1 unspecified atom stereocenters. The summed E-state index contributed by atoms with van der Waals surface area (Å²) < 4.78 is 1.90. The summed E-state index contributed by atoms with van der Waals surface area (Å²) in [6, 6.07) is 0.570. The zero-order valence-corrected chi connectivity index (χ0v) is 14.2. The monoisotopic (exact) mass is 292 g/mol. The van der Waals surface area contributed by atoms with Crippen LogP contribution in [0.3, 0.4) is 0 Å². The van der Waals surface area contributed by atoms with Crippen molar-refractivity contribution in [3.63, 3.8) is 0 Å². The van der Waals surface area contributed by atoms with E-state index in [9.17, 15) is 0 Å². The maximum atomic E-state index is 4.29. The van der Waals surface area contributed by atoms with Gasteiger partial charge in [-0.15, -0.1) is 0 Å². The van der Waals surface area contributed by atoms with Gasteiger partial charge in [0.1, 0.15) is 0 Å². The quantitative estimate of drug-likeness (QED) is 0.799. The first-order valence-corrected chi connectivity index (χ1v) is 8.56. The molecule has 2 rings (SSSR count). The van der Waals surface area contributed by atoms with Gasteiger partial charge in [0.15, 0.2) is 0 Å². The molecule has 0 amide bonds. The molecule has 1 N–H and O–H groups in total. The minimum Gasteiger partial charge on any atom is -0.315 e. The number of nitrogens with one attached hydrogen (secondary N) is 1. The van der Waals surface area contributed by atoms with E-state index in [0.717, 1.165) is 19.5 Å². The molecule has 120 valence electrons. The van der Waals surface area contributed by atoms with E-state index >= 15 is 0 Å². The van der Waals surface area contributed by atoms with Crippen molar-refractivity contribution in [1.29, 1.82) is 0 Å². The summed E-state index contributed by atoms with van der Waals surface area (Å²) in [4.78, 5) is 2.70. The topological polar surface area (TPSA) is 33.1 Å². The maximum Gasteiger partial charge on any atom is 0.0521 e. The van der Waals surface area contributed by atoms with Gasteiger partial charge in [-0.2, -0.15) is 5.10 Å². The Labute approximate surface area is 129 Å². The van der Waals surface area contributed by atoms with Gasteiger partial charge < -0.3 is 5.32 Å². The van der Waals surface area contributed by atoms with Crippen molar-refractivity contribution in [3.8, 4) is 0 Å². The third-order valence-corrected chi connectivity index (χ3v) is 5.34. The Morgan fingerprint density at radius 2 is 2.00 bits per heavy atom. The van der Waals surface area contributed by atoms with Crippen LogP contribution in [0.5, 0.6) is 0 Å². The highest BCUT2D eigenvalue weighted by atomic mass is 15.2. The molecule has 0 aromatic carbocycles. The molecule has 0 aliphatic heterocycles. The molecule has 1 atom stereocenters. The SMILES string of the molecule is CCN(CC)C1(C(CCc2cnn(C)c2)NC)CCCC1. The van der Waals surface area contributed by atoms with Crippen LogP contribution in [0, 0.1) is 0 Å². The first kappa shape index (κ1) is 16.5. The molecule has 1 aliphatic rings. The fourth-order valence-corrected chi connectivity index (χ4v) is 4.32. The minimum absolute atomic E-state index is 0.362. The first-order chi connectivity index (χ1) is 10.2. The predicted molar refractivity (Wildman–Crippen MR) is 88.5 cm³/mol. The second-order valence-electron chi connectivity index (χ2n) is 6.39. The smallest absolute Gasteiger partial charge is 0.0521 e. The van der Waals surface area contributed by atoms with Gasteiger partial charge in [0, 0.05) is 24.8 Å². The highest BCUT2D eigenvalue weighted by molar-refractivity contribution is 5.08. The number of rotatable bonds is 8. The fourth-order valence-electron chi connectivity index (χ4n) is 4.32. The van der Waals surface area contributed by atoms with Crippen LogP contribution in [0.4, 0.5) is 0 Å². The molecule has 0 radical (unpaired) electrons. The number of aromatic nitrogens is 2. The summed E-state index contributed by atoms with van der Waals surface area (Å²) in [7, 11) is 4.13. The van der Waals surface area contributed by atoms with Gasteiger partial charge in [-0.25, -0.2) is 0 Å². The lowest BCUT2D eigenvalue weighted by atomic mass is 9.83. The molecule has 4 nitrogen and oxygen atoms in total. The van der Waals surface area contributed by atoms with Gasteiger partial charge in [-0.3, -0.25) is 9.58 Å². The molecule has 1 heterocycles. The van der Waals surface area contributed by atoms with E-state index in [4.69, 9.17) is 0 Å². The Morgan fingerprint density at radius 1 is 1.33 bits per heavy atom. The summed E-state index contributed by atoms with van der Waals surface area (Å²) in [6.07, 6.45) is 11.9. The molecule has 21 heavy (non-hydrogen) atoms. The predicted octanol–water partition coefficient (Wildman–Crippen LogP) is 2.60. The second kappa shape index (κ2) is 7.41. The van der Waals surface area contributed by atoms with Gasteiger partial charge >= 0.3 is 0 Å². The molecule has 0 saturated heterocycles. The van der Waals surface area contributed by atoms with Crippen LogP contribution in [0.25, 0.3) is 0 Å². The molecule has 4 heteroatoms. The molecular formula is C17H32N4. The maximum absolute atomic E-state index is 4.29. The molecule has 0 bridgehead atoms. The Morgan fingerprint density at radius 3 is 2.48 bits per heavy atom. The van der Waals surface area contributed by atoms with Gasteiger partial charge in [0.05, 0.1) is 6.20 Å². The first-order valence-electron chi connectivity index (χ1n) is 8.56. The van der Waals surface area contributed by atoms with Crippen LogP contribution in [-0.4, -0.2) is 46.4 Å². The lowest BCUT2D eigenvalue weighted by Gasteiger charge is -2.46. The Balaban J connectivity index is 2.08. The number of aryl methyl sites for hydroxylation is 2. The van der Waals surface area contributed by atoms with Crippen LogP contribution in [0.2, 0.25) is 0 Å². The highest BCUT2D eigenvalue weighted by Crippen LogP contribution is 2.39. The van der Waals surface area contributed by atoms with E-state index in [1.54, 1.807) is 0 Å². The minimum atomic E-state index is 0.362. The van der Waals surface area contributed by atoms with Crippen molar-refractivity contribution in [2.45, 2.75) is 64.0 Å². The second-order valence-corrected chi connectivity index (χ2v) is 6.39. The van der Waals surface area contributed by atoms with Gasteiger partial charge in [0.2, 0.25) is 0 Å². The summed E-state index contributed by atoms with van der Waals surface area (Å²) in [5.74, 6) is 0. The normalized spacial score (nSPS) is 19.3. The molecule has 1 aliphatic carbocycles. The summed E-state index contributed by atoms with van der Waals surface area (Å²) >= 11 is 0. The van der Waals surface area contributed by atoms with Crippen LogP contribution < -0.4 is 5.32 Å². The van der Waals surface area contributed by atoms with Crippen molar-refractivity contribution in [3.05, 3.63) is 18.0 Å². The number of nitrogens with zero attached hydrogens (tertiary/aromatic N) is 3. The van der Waals surface area contributed by atoms with E-state index in [0.29, 0.717) is 11.6 Å². The van der Waals surface area contributed by atoms with Crippen LogP contribution in [0.15, 0.2) is 12.4 Å². The lowest BCUT2D eigenvalue weighted by molar-refractivity contribution is 0.0627. The van der Waals surface area contributed by atoms with Crippen LogP contribution in [-0.2, 0) is 13.5 Å². The van der Waals surface area contributed by atoms with Crippen molar-refractivity contribution >= 4 is 0 Å². The van der Waals surface area contributed by atoms with Crippen molar-refractivity contribution < 1.29 is 0 Å². The van der Waals surface area contributed by atoms with E-state index in [2.05, 4.69) is 42.4 Å². The summed E-state index contributed by atoms with van der Waals surface area (Å²) in [6.45, 7) is 6.91. The van der Waals surface area contributed by atoms with E-state index in [1.165, 1.54) is 37.7 Å². The Bertz CT molecular complexity index is 416. The third kappa shape index (κ3) is 3.49. The molecule has 1 aromatic rings. The fraction of sp³-hybridized carbons (Fsp3) is 0.824. The summed E-state index contributed by atoms with van der Waals surface area (Å²) in [5, 5.41) is 7.93. The molecule has 1 saturated carbocycles. The van der Waals surface area contributed by atoms with Crippen LogP contribution >= 0.6 is 0 Å². The molecule has 1 fully saturated rings. The third-order valence-electron chi connectivity index (χ3n) is 5.34. The van der Waals surface area contributed by atoms with Crippen molar-refractivity contribution in [2.75, 3.05) is 20.1 Å². The van der Waals surface area contributed by atoms with Gasteiger partial charge in [-0.1, -0.05) is 26.7 Å². The van der Waals surface area contributed by atoms with E-state index < -0.39 is 0 Å². The average molecular weight is 292 g/mol. The summed E-state index contributed by atoms with van der Waals surface area (Å²) in [5.41, 5.74) is 1.71. The Kier molecular flexibility index (Phi) is 5.82. The Hall–Kier alpha value is -0.870.